The zero-order valence-electron chi connectivity index (χ0n) is 54.0. The number of carbonyl (C=O) groups excluding carboxylic acids is 3. The van der Waals surface area contributed by atoms with Gasteiger partial charge in [0.2, 0.25) is 0 Å². The molecule has 0 aliphatic rings. The maximum Gasteiger partial charge on any atom is 0.306 e. The number of esters is 3. The Morgan fingerprint density at radius 2 is 0.476 bits per heavy atom. The second kappa shape index (κ2) is 69.6. The maximum absolute atomic E-state index is 12.9. The zero-order chi connectivity index (χ0) is 59.2. The van der Waals surface area contributed by atoms with Crippen molar-refractivity contribution in [2.75, 3.05) is 13.2 Å². The summed E-state index contributed by atoms with van der Waals surface area (Å²) < 4.78 is 16.9. The summed E-state index contributed by atoms with van der Waals surface area (Å²) in [5.41, 5.74) is 0. The van der Waals surface area contributed by atoms with Gasteiger partial charge in [0.25, 0.3) is 0 Å². The van der Waals surface area contributed by atoms with Crippen molar-refractivity contribution in [2.45, 2.75) is 341 Å². The van der Waals surface area contributed by atoms with E-state index >= 15 is 0 Å². The quantitative estimate of drug-likeness (QED) is 0.0261. The lowest BCUT2D eigenvalue weighted by atomic mass is 10.0. The van der Waals surface area contributed by atoms with Crippen molar-refractivity contribution in [1.29, 1.82) is 0 Å². The molecule has 1 unspecified atom stereocenters. The SMILES string of the molecule is CC/C=C\C/C=C\C/C=C\C/C=C\C/C=C\CCCCCC(=O)OC(COC(=O)CCCCCCC/C=C\C/C=C\CCCCCC)COC(=O)CCCCCCCCCCCCCCCCCCC/C=C\C/C=C\CCCCCCC. The van der Waals surface area contributed by atoms with E-state index in [-0.39, 0.29) is 37.5 Å². The van der Waals surface area contributed by atoms with Gasteiger partial charge >= 0.3 is 17.9 Å². The first kappa shape index (κ1) is 78.1. The summed E-state index contributed by atoms with van der Waals surface area (Å²) in [6.45, 7) is 6.49. The largest absolute Gasteiger partial charge is 0.462 e. The Morgan fingerprint density at radius 1 is 0.256 bits per heavy atom. The van der Waals surface area contributed by atoms with Crippen molar-refractivity contribution in [1.82, 2.24) is 0 Å². The molecule has 0 aliphatic heterocycles. The predicted molar refractivity (Wildman–Crippen MR) is 357 cm³/mol. The molecule has 6 heteroatoms. The van der Waals surface area contributed by atoms with Gasteiger partial charge < -0.3 is 14.2 Å². The first-order chi connectivity index (χ1) is 40.5. The molecule has 470 valence electrons. The Kier molecular flexibility index (Phi) is 66.2. The lowest BCUT2D eigenvalue weighted by Crippen LogP contribution is -2.30. The molecule has 0 saturated heterocycles. The third kappa shape index (κ3) is 66.9. The molecule has 0 amide bonds. The summed E-state index contributed by atoms with van der Waals surface area (Å²) in [7, 11) is 0. The summed E-state index contributed by atoms with van der Waals surface area (Å²) in [4.78, 5) is 38.4. The normalized spacial score (nSPS) is 12.8. The van der Waals surface area contributed by atoms with Crippen molar-refractivity contribution >= 4 is 17.9 Å². The van der Waals surface area contributed by atoms with Gasteiger partial charge in [-0.1, -0.05) is 297 Å². The lowest BCUT2D eigenvalue weighted by Gasteiger charge is -2.18. The summed E-state index contributed by atoms with van der Waals surface area (Å²) in [5, 5.41) is 0. The molecule has 82 heavy (non-hydrogen) atoms. The molecule has 0 aliphatic carbocycles. The highest BCUT2D eigenvalue weighted by atomic mass is 16.6. The highest BCUT2D eigenvalue weighted by molar-refractivity contribution is 5.71. The molecule has 0 heterocycles. The van der Waals surface area contributed by atoms with E-state index in [0.29, 0.717) is 12.8 Å². The molecule has 0 aromatic rings. The zero-order valence-corrected chi connectivity index (χ0v) is 54.0. The van der Waals surface area contributed by atoms with Crippen LogP contribution in [0.1, 0.15) is 335 Å². The van der Waals surface area contributed by atoms with Gasteiger partial charge in [-0.15, -0.1) is 0 Å². The molecule has 6 nitrogen and oxygen atoms in total. The van der Waals surface area contributed by atoms with Gasteiger partial charge in [-0.05, 0) is 128 Å². The number of ether oxygens (including phenoxy) is 3. The highest BCUT2D eigenvalue weighted by Gasteiger charge is 2.19. The molecule has 0 N–H and O–H groups in total. The Labute approximate surface area is 508 Å². The average Bonchev–Trinajstić information content (AvgIpc) is 3.47. The minimum Gasteiger partial charge on any atom is -0.462 e. The topological polar surface area (TPSA) is 78.9 Å². The maximum atomic E-state index is 12.9. The molecule has 0 radical (unpaired) electrons. The fourth-order valence-electron chi connectivity index (χ4n) is 9.77. The van der Waals surface area contributed by atoms with E-state index in [2.05, 4.69) is 130 Å². The van der Waals surface area contributed by atoms with Gasteiger partial charge in [-0.3, -0.25) is 14.4 Å². The highest BCUT2D eigenvalue weighted by Crippen LogP contribution is 2.17. The van der Waals surface area contributed by atoms with Crippen LogP contribution in [0.5, 0.6) is 0 Å². The van der Waals surface area contributed by atoms with Crippen LogP contribution in [0.3, 0.4) is 0 Å². The van der Waals surface area contributed by atoms with Crippen LogP contribution in [0.4, 0.5) is 0 Å². The van der Waals surface area contributed by atoms with Crippen LogP contribution in [-0.4, -0.2) is 37.2 Å². The number of carbonyl (C=O) groups is 3. The fraction of sp³-hybridized carbons (Fsp3) is 0.724. The van der Waals surface area contributed by atoms with Crippen molar-refractivity contribution in [3.05, 3.63) is 109 Å². The average molecular weight is 1140 g/mol. The second-order valence-corrected chi connectivity index (χ2v) is 23.1. The molecule has 0 fully saturated rings. The van der Waals surface area contributed by atoms with Crippen LogP contribution < -0.4 is 0 Å². The van der Waals surface area contributed by atoms with E-state index in [4.69, 9.17) is 14.2 Å². The van der Waals surface area contributed by atoms with Crippen molar-refractivity contribution < 1.29 is 28.6 Å². The lowest BCUT2D eigenvalue weighted by molar-refractivity contribution is -0.167. The summed E-state index contributed by atoms with van der Waals surface area (Å²) >= 11 is 0. The van der Waals surface area contributed by atoms with E-state index in [1.54, 1.807) is 0 Å². The number of hydrogen-bond acceptors (Lipinski definition) is 6. The number of rotatable bonds is 63. The summed E-state index contributed by atoms with van der Waals surface area (Å²) in [6.07, 6.45) is 95.4. The fourth-order valence-corrected chi connectivity index (χ4v) is 9.77. The smallest absolute Gasteiger partial charge is 0.306 e. The Balaban J connectivity index is 4.33. The molecule has 0 saturated carbocycles. The van der Waals surface area contributed by atoms with Gasteiger partial charge in [-0.2, -0.15) is 0 Å². The van der Waals surface area contributed by atoms with Gasteiger partial charge in [0, 0.05) is 19.3 Å². The Bertz CT molecular complexity index is 1640. The molecule has 0 bridgehead atoms. The number of unbranched alkanes of at least 4 members (excludes halogenated alkanes) is 34. The van der Waals surface area contributed by atoms with Crippen LogP contribution in [0, 0.1) is 0 Å². The van der Waals surface area contributed by atoms with E-state index in [1.807, 2.05) is 0 Å². The van der Waals surface area contributed by atoms with Gasteiger partial charge in [-0.25, -0.2) is 0 Å². The third-order valence-electron chi connectivity index (χ3n) is 15.0. The monoisotopic (exact) mass is 1140 g/mol. The van der Waals surface area contributed by atoms with Crippen LogP contribution in [0.15, 0.2) is 109 Å². The van der Waals surface area contributed by atoms with E-state index in [0.717, 1.165) is 128 Å². The molecule has 0 aromatic heterocycles. The standard InChI is InChI=1S/C76H130O6/c1-4-7-10-13-16-19-22-25-28-31-33-34-35-36-37-38-39-40-41-42-44-45-48-51-54-57-60-63-66-69-75(78)81-72-73(71-80-74(77)68-65-62-59-56-53-50-47-30-27-24-21-18-15-12-9-6-3)82-76(79)70-67-64-61-58-55-52-49-46-43-32-29-26-23-20-17-14-11-8-5-2/h8,11,17,20-22,24-26,29-31,33,43,46-47,52,55,73H,4-7,9-10,12-16,18-19,23,27-28,32,34-42,44-45,48-51,53-54,56-72H2,1-3H3/b11-8-,20-17-,24-21-,25-22-,29-26-,33-31-,46-43-,47-30-,55-52-. The molecular formula is C76H130O6. The molecule has 0 rings (SSSR count). The van der Waals surface area contributed by atoms with E-state index < -0.39 is 6.10 Å². The third-order valence-corrected chi connectivity index (χ3v) is 15.0. The molecular weight excluding hydrogens is 1010 g/mol. The van der Waals surface area contributed by atoms with Gasteiger partial charge in [0.05, 0.1) is 0 Å². The van der Waals surface area contributed by atoms with Crippen LogP contribution >= 0.6 is 0 Å². The molecule has 0 aromatic carbocycles. The summed E-state index contributed by atoms with van der Waals surface area (Å²) in [5.74, 6) is -0.930. The van der Waals surface area contributed by atoms with E-state index in [1.165, 1.54) is 167 Å². The predicted octanol–water partition coefficient (Wildman–Crippen LogP) is 24.2. The first-order valence-electron chi connectivity index (χ1n) is 34.9. The van der Waals surface area contributed by atoms with Gasteiger partial charge in [0.15, 0.2) is 6.10 Å². The van der Waals surface area contributed by atoms with Crippen molar-refractivity contribution in [2.24, 2.45) is 0 Å². The van der Waals surface area contributed by atoms with Crippen LogP contribution in [0.25, 0.3) is 0 Å². The summed E-state index contributed by atoms with van der Waals surface area (Å²) in [6, 6.07) is 0. The number of allylic oxidation sites excluding steroid dienone is 18. The van der Waals surface area contributed by atoms with Crippen molar-refractivity contribution in [3.8, 4) is 0 Å². The Hall–Kier alpha value is -3.93. The minimum absolute atomic E-state index is 0.0952. The Morgan fingerprint density at radius 3 is 0.768 bits per heavy atom. The number of hydrogen-bond donors (Lipinski definition) is 0. The van der Waals surface area contributed by atoms with Crippen LogP contribution in [0.2, 0.25) is 0 Å². The van der Waals surface area contributed by atoms with Gasteiger partial charge in [0.1, 0.15) is 13.2 Å². The molecule has 0 spiro atoms. The second-order valence-electron chi connectivity index (χ2n) is 23.1. The van der Waals surface area contributed by atoms with E-state index in [9.17, 15) is 14.4 Å². The minimum atomic E-state index is -0.804. The molecule has 1 atom stereocenters. The van der Waals surface area contributed by atoms with Crippen molar-refractivity contribution in [3.63, 3.8) is 0 Å². The van der Waals surface area contributed by atoms with Crippen LogP contribution in [-0.2, 0) is 28.6 Å². The first-order valence-corrected chi connectivity index (χ1v) is 34.9.